The lowest BCUT2D eigenvalue weighted by Crippen LogP contribution is -2.57. The van der Waals surface area contributed by atoms with Crippen LogP contribution >= 0.6 is 23.5 Å². The number of fused-ring (bicyclic) bond motifs is 7. The van der Waals surface area contributed by atoms with Gasteiger partial charge in [-0.3, -0.25) is 0 Å². The Morgan fingerprint density at radius 1 is 0.639 bits per heavy atom. The Balaban J connectivity index is 1.40. The van der Waals surface area contributed by atoms with Crippen molar-refractivity contribution in [2.24, 2.45) is 0 Å². The summed E-state index contributed by atoms with van der Waals surface area (Å²) in [5, 5.41) is 2.30. The minimum absolute atomic E-state index is 0.246. The van der Waals surface area contributed by atoms with Crippen LogP contribution in [0.1, 0.15) is 0 Å². The fourth-order valence-electron chi connectivity index (χ4n) is 5.86. The summed E-state index contributed by atoms with van der Waals surface area (Å²) in [4.78, 5) is 9.22. The Hall–Kier alpha value is -3.85. The first-order valence-electron chi connectivity index (χ1n) is 11.9. The number of rotatable bonds is 1. The second kappa shape index (κ2) is 7.57. The average molecular weight is 492 g/mol. The zero-order valence-corrected chi connectivity index (χ0v) is 20.7. The van der Waals surface area contributed by atoms with E-state index in [1.54, 1.807) is 0 Å². The highest BCUT2D eigenvalue weighted by molar-refractivity contribution is 8.01. The molecule has 1 aromatic heterocycles. The standard InChI is InChI=1S/C31H17BN2S2/c1-33-24-11-6-9-21-20-8-2-4-12-25(20)34(31(21)24)19-16-17-23-29(18-19)36-28-15-7-14-27-30(28)32(23)22-10-3-5-13-26(22)35-27/h2-18H. The van der Waals surface area contributed by atoms with Crippen LogP contribution in [0.2, 0.25) is 0 Å². The summed E-state index contributed by atoms with van der Waals surface area (Å²) in [6, 6.07) is 36.9. The molecule has 3 heterocycles. The molecule has 0 saturated heterocycles. The number of hydrogen-bond acceptors (Lipinski definition) is 2. The number of para-hydroxylation sites is 2. The van der Waals surface area contributed by atoms with Crippen LogP contribution in [0.5, 0.6) is 0 Å². The van der Waals surface area contributed by atoms with Gasteiger partial charge in [0.15, 0.2) is 0 Å². The van der Waals surface area contributed by atoms with Crippen LogP contribution in [0, 0.1) is 6.57 Å². The summed E-state index contributed by atoms with van der Waals surface area (Å²) in [5.74, 6) is 0. The van der Waals surface area contributed by atoms with E-state index in [4.69, 9.17) is 6.57 Å². The van der Waals surface area contributed by atoms with Crippen molar-refractivity contribution in [2.45, 2.75) is 19.6 Å². The van der Waals surface area contributed by atoms with E-state index in [9.17, 15) is 0 Å². The third-order valence-corrected chi connectivity index (χ3v) is 9.66. The molecule has 0 radical (unpaired) electrons. The molecular formula is C31H17BN2S2. The molecule has 0 saturated carbocycles. The van der Waals surface area contributed by atoms with Gasteiger partial charge in [-0.1, -0.05) is 101 Å². The number of hydrogen-bond donors (Lipinski definition) is 0. The fourth-order valence-corrected chi connectivity index (χ4v) is 8.30. The van der Waals surface area contributed by atoms with Crippen LogP contribution in [-0.2, 0) is 0 Å². The van der Waals surface area contributed by atoms with E-state index in [1.807, 2.05) is 35.7 Å². The maximum Gasteiger partial charge on any atom is 0.247 e. The Bertz CT molecular complexity index is 1930. The lowest BCUT2D eigenvalue weighted by atomic mass is 9.36. The van der Waals surface area contributed by atoms with E-state index in [0.29, 0.717) is 5.69 Å². The predicted octanol–water partition coefficient (Wildman–Crippen LogP) is 6.78. The van der Waals surface area contributed by atoms with Gasteiger partial charge in [0.1, 0.15) is 0 Å². The smallest absolute Gasteiger partial charge is 0.247 e. The fraction of sp³-hybridized carbons (Fsp3) is 0. The minimum Gasteiger partial charge on any atom is -0.319 e. The molecule has 166 valence electrons. The number of benzene rings is 5. The van der Waals surface area contributed by atoms with Gasteiger partial charge >= 0.3 is 0 Å². The molecule has 0 N–H and O–H groups in total. The summed E-state index contributed by atoms with van der Waals surface area (Å²) < 4.78 is 2.27. The zero-order chi connectivity index (χ0) is 23.8. The van der Waals surface area contributed by atoms with Crippen molar-refractivity contribution in [3.05, 3.63) is 115 Å². The lowest BCUT2D eigenvalue weighted by molar-refractivity contribution is 1.17. The first-order chi connectivity index (χ1) is 17.8. The molecule has 0 fully saturated rings. The molecule has 0 atom stereocenters. The monoisotopic (exact) mass is 492 g/mol. The molecule has 5 heteroatoms. The summed E-state index contributed by atoms with van der Waals surface area (Å²) in [6.45, 7) is 8.09. The first-order valence-corrected chi connectivity index (χ1v) is 13.6. The van der Waals surface area contributed by atoms with E-state index in [-0.39, 0.29) is 6.71 Å². The molecular weight excluding hydrogens is 475 g/mol. The SMILES string of the molecule is [C-]#[N+]c1cccc2c3ccccc3n(-c3ccc4c(c3)Sc3cccc5c3B4c3ccccc3S5)c12. The van der Waals surface area contributed by atoms with E-state index < -0.39 is 0 Å². The highest BCUT2D eigenvalue weighted by atomic mass is 32.2. The number of aromatic nitrogens is 1. The van der Waals surface area contributed by atoms with Crippen LogP contribution in [0.3, 0.4) is 0 Å². The maximum absolute atomic E-state index is 7.84. The normalized spacial score (nSPS) is 13.2. The van der Waals surface area contributed by atoms with Crippen molar-refractivity contribution in [2.75, 3.05) is 0 Å². The van der Waals surface area contributed by atoms with E-state index in [2.05, 4.69) is 100 Å². The van der Waals surface area contributed by atoms with Gasteiger partial charge in [-0.15, -0.1) is 0 Å². The minimum atomic E-state index is 0.246. The van der Waals surface area contributed by atoms with Crippen LogP contribution in [0.25, 0.3) is 32.3 Å². The molecule has 0 amide bonds. The Morgan fingerprint density at radius 2 is 1.33 bits per heavy atom. The van der Waals surface area contributed by atoms with E-state index in [0.717, 1.165) is 22.1 Å². The topological polar surface area (TPSA) is 9.29 Å². The molecule has 2 aliphatic heterocycles. The Kier molecular flexibility index (Phi) is 4.28. The first kappa shape index (κ1) is 20.4. The molecule has 6 aromatic rings. The molecule has 0 spiro atoms. The van der Waals surface area contributed by atoms with Crippen LogP contribution in [0.4, 0.5) is 5.69 Å². The highest BCUT2D eigenvalue weighted by Crippen LogP contribution is 2.41. The quantitative estimate of drug-likeness (QED) is 0.185. The van der Waals surface area contributed by atoms with Gasteiger partial charge < -0.3 is 4.57 Å². The average Bonchev–Trinajstić information content (AvgIpc) is 3.27. The van der Waals surface area contributed by atoms with Gasteiger partial charge in [-0.05, 0) is 47.2 Å². The Labute approximate surface area is 217 Å². The molecule has 0 unspecified atom stereocenters. The third-order valence-electron chi connectivity index (χ3n) is 7.34. The van der Waals surface area contributed by atoms with E-state index >= 15 is 0 Å². The lowest BCUT2D eigenvalue weighted by Gasteiger charge is -2.32. The summed E-state index contributed by atoms with van der Waals surface area (Å²) in [6.07, 6.45) is 0. The second-order valence-corrected chi connectivity index (χ2v) is 11.4. The molecule has 2 aliphatic rings. The van der Waals surface area contributed by atoms with Gasteiger partial charge in [0.2, 0.25) is 12.4 Å². The van der Waals surface area contributed by atoms with Crippen LogP contribution in [-0.4, -0.2) is 11.3 Å². The predicted molar refractivity (Wildman–Crippen MR) is 153 cm³/mol. The molecule has 0 bridgehead atoms. The molecule has 5 aromatic carbocycles. The summed E-state index contributed by atoms with van der Waals surface area (Å²) >= 11 is 3.76. The van der Waals surface area contributed by atoms with E-state index in [1.165, 1.54) is 41.4 Å². The van der Waals surface area contributed by atoms with Gasteiger partial charge in [0.05, 0.1) is 17.6 Å². The summed E-state index contributed by atoms with van der Waals surface area (Å²) in [7, 11) is 0. The molecule has 36 heavy (non-hydrogen) atoms. The van der Waals surface area contributed by atoms with Crippen LogP contribution < -0.4 is 16.4 Å². The van der Waals surface area contributed by atoms with Crippen molar-refractivity contribution in [3.63, 3.8) is 0 Å². The number of nitrogens with zero attached hydrogens (tertiary/aromatic N) is 2. The van der Waals surface area contributed by atoms with Crippen molar-refractivity contribution in [3.8, 4) is 5.69 Å². The van der Waals surface area contributed by atoms with Gasteiger partial charge in [-0.25, -0.2) is 4.85 Å². The van der Waals surface area contributed by atoms with Crippen molar-refractivity contribution < 1.29 is 0 Å². The van der Waals surface area contributed by atoms with Gasteiger partial charge in [0.25, 0.3) is 0 Å². The van der Waals surface area contributed by atoms with Crippen molar-refractivity contribution in [1.29, 1.82) is 0 Å². The molecule has 8 rings (SSSR count). The van der Waals surface area contributed by atoms with Gasteiger partial charge in [0, 0.05) is 30.7 Å². The van der Waals surface area contributed by atoms with Gasteiger partial charge in [-0.2, -0.15) is 0 Å². The summed E-state index contributed by atoms with van der Waals surface area (Å²) in [5.41, 5.74) is 8.09. The molecule has 2 nitrogen and oxygen atoms in total. The highest BCUT2D eigenvalue weighted by Gasteiger charge is 2.37. The maximum atomic E-state index is 7.84. The third kappa shape index (κ3) is 2.72. The van der Waals surface area contributed by atoms with Crippen LogP contribution in [0.15, 0.2) is 123 Å². The zero-order valence-electron chi connectivity index (χ0n) is 19.1. The van der Waals surface area contributed by atoms with Crippen molar-refractivity contribution in [1.82, 2.24) is 4.57 Å². The Morgan fingerprint density at radius 3 is 2.22 bits per heavy atom. The largest absolute Gasteiger partial charge is 0.319 e. The molecule has 0 aliphatic carbocycles. The van der Waals surface area contributed by atoms with Crippen molar-refractivity contribution >= 4 is 74.1 Å². The second-order valence-electron chi connectivity index (χ2n) is 9.20.